The van der Waals surface area contributed by atoms with Gasteiger partial charge in [0.1, 0.15) is 11.5 Å². The summed E-state index contributed by atoms with van der Waals surface area (Å²) in [7, 11) is 3.18. The van der Waals surface area contributed by atoms with Gasteiger partial charge in [-0.3, -0.25) is 4.79 Å². The van der Waals surface area contributed by atoms with E-state index in [1.807, 2.05) is 35.2 Å². The Bertz CT molecular complexity index is 1010. The molecule has 1 atom stereocenters. The van der Waals surface area contributed by atoms with Crippen LogP contribution < -0.4 is 14.4 Å². The Morgan fingerprint density at radius 3 is 2.55 bits per heavy atom. The van der Waals surface area contributed by atoms with Crippen molar-refractivity contribution >= 4 is 11.6 Å². The molecular formula is C22H23N3O4. The van der Waals surface area contributed by atoms with E-state index in [9.17, 15) is 4.79 Å². The summed E-state index contributed by atoms with van der Waals surface area (Å²) in [4.78, 5) is 19.1. The van der Waals surface area contributed by atoms with Crippen LogP contribution in [-0.4, -0.2) is 36.8 Å². The number of hydrogen-bond donors (Lipinski definition) is 0. The number of amides is 1. The molecule has 0 N–H and O–H groups in total. The molecule has 0 aliphatic carbocycles. The van der Waals surface area contributed by atoms with Crippen molar-refractivity contribution < 1.29 is 18.8 Å². The van der Waals surface area contributed by atoms with Gasteiger partial charge in [-0.1, -0.05) is 30.3 Å². The van der Waals surface area contributed by atoms with Gasteiger partial charge >= 0.3 is 0 Å². The minimum absolute atomic E-state index is 0.0744. The first-order valence-corrected chi connectivity index (χ1v) is 9.58. The maximum absolute atomic E-state index is 12.7. The molecule has 3 aromatic rings. The zero-order valence-electron chi connectivity index (χ0n) is 16.7. The maximum atomic E-state index is 12.7. The number of carbonyl (C=O) groups excluding carboxylic acids is 1. The van der Waals surface area contributed by atoms with E-state index in [-0.39, 0.29) is 11.8 Å². The second kappa shape index (κ2) is 7.95. The molecule has 1 aromatic heterocycles. The highest BCUT2D eigenvalue weighted by atomic mass is 16.5. The van der Waals surface area contributed by atoms with E-state index in [4.69, 9.17) is 14.0 Å². The molecule has 150 valence electrons. The molecule has 7 nitrogen and oxygen atoms in total. The smallest absolute Gasteiger partial charge is 0.258 e. The Labute approximate surface area is 169 Å². The van der Waals surface area contributed by atoms with Crippen molar-refractivity contribution in [3.63, 3.8) is 0 Å². The predicted octanol–water partition coefficient (Wildman–Crippen LogP) is 3.84. The Kier molecular flexibility index (Phi) is 5.20. The molecule has 7 heteroatoms. The SMILES string of the molecule is CCc1ccccc1N1CC(c2noc(-c3cc(OC)cc(OC)c3)n2)CC1=O. The van der Waals surface area contributed by atoms with E-state index in [1.54, 1.807) is 20.3 Å². The topological polar surface area (TPSA) is 77.7 Å². The highest BCUT2D eigenvalue weighted by Crippen LogP contribution is 2.34. The van der Waals surface area contributed by atoms with Gasteiger partial charge in [0.2, 0.25) is 5.91 Å². The number of para-hydroxylation sites is 1. The lowest BCUT2D eigenvalue weighted by Gasteiger charge is -2.19. The Morgan fingerprint density at radius 1 is 1.14 bits per heavy atom. The highest BCUT2D eigenvalue weighted by molar-refractivity contribution is 5.97. The molecule has 1 saturated heterocycles. The summed E-state index contributed by atoms with van der Waals surface area (Å²) in [5.74, 6) is 2.14. The minimum Gasteiger partial charge on any atom is -0.497 e. The average Bonchev–Trinajstić information content (AvgIpc) is 3.40. The van der Waals surface area contributed by atoms with E-state index >= 15 is 0 Å². The molecular weight excluding hydrogens is 370 g/mol. The Hall–Kier alpha value is -3.35. The molecule has 1 fully saturated rings. The van der Waals surface area contributed by atoms with E-state index in [2.05, 4.69) is 23.1 Å². The van der Waals surface area contributed by atoms with Crippen molar-refractivity contribution in [3.05, 3.63) is 53.9 Å². The van der Waals surface area contributed by atoms with Gasteiger partial charge in [0, 0.05) is 36.2 Å². The van der Waals surface area contributed by atoms with Gasteiger partial charge in [-0.2, -0.15) is 4.98 Å². The molecule has 1 amide bonds. The zero-order chi connectivity index (χ0) is 20.4. The summed E-state index contributed by atoms with van der Waals surface area (Å²) in [5.41, 5.74) is 2.82. The third kappa shape index (κ3) is 3.68. The van der Waals surface area contributed by atoms with E-state index < -0.39 is 0 Å². The first-order valence-electron chi connectivity index (χ1n) is 9.58. The monoisotopic (exact) mass is 393 g/mol. The summed E-state index contributed by atoms with van der Waals surface area (Å²) >= 11 is 0. The fourth-order valence-electron chi connectivity index (χ4n) is 3.64. The lowest BCUT2D eigenvalue weighted by atomic mass is 10.1. The van der Waals surface area contributed by atoms with Crippen molar-refractivity contribution in [2.24, 2.45) is 0 Å². The second-order valence-electron chi connectivity index (χ2n) is 6.95. The molecule has 29 heavy (non-hydrogen) atoms. The van der Waals surface area contributed by atoms with Gasteiger partial charge in [0.15, 0.2) is 5.82 Å². The Morgan fingerprint density at radius 2 is 1.86 bits per heavy atom. The fraction of sp³-hybridized carbons (Fsp3) is 0.318. The van der Waals surface area contributed by atoms with Gasteiger partial charge < -0.3 is 18.9 Å². The minimum atomic E-state index is -0.114. The number of carbonyl (C=O) groups is 1. The first-order chi connectivity index (χ1) is 14.1. The van der Waals surface area contributed by atoms with Crippen LogP contribution in [-0.2, 0) is 11.2 Å². The maximum Gasteiger partial charge on any atom is 0.258 e. The molecule has 1 aliphatic heterocycles. The third-order valence-electron chi connectivity index (χ3n) is 5.19. The summed E-state index contributed by atoms with van der Waals surface area (Å²) in [6.45, 7) is 2.63. The van der Waals surface area contributed by atoms with Crippen LogP contribution in [0.1, 0.15) is 30.7 Å². The number of hydrogen-bond acceptors (Lipinski definition) is 6. The van der Waals surface area contributed by atoms with E-state index in [0.717, 1.165) is 17.7 Å². The van der Waals surface area contributed by atoms with Crippen LogP contribution in [0.15, 0.2) is 47.0 Å². The third-order valence-corrected chi connectivity index (χ3v) is 5.19. The standard InChI is InChI=1S/C22H23N3O4/c1-4-14-7-5-6-8-19(14)25-13-16(11-20(25)26)21-23-22(29-24-21)15-9-17(27-2)12-18(10-15)28-3/h5-10,12,16H,4,11,13H2,1-3H3. The average molecular weight is 393 g/mol. The number of ether oxygens (including phenoxy) is 2. The lowest BCUT2D eigenvalue weighted by Crippen LogP contribution is -2.25. The van der Waals surface area contributed by atoms with Gasteiger partial charge in [0.05, 0.1) is 14.2 Å². The number of benzene rings is 2. The number of rotatable bonds is 6. The predicted molar refractivity (Wildman–Crippen MR) is 108 cm³/mol. The molecule has 1 aliphatic rings. The normalized spacial score (nSPS) is 16.3. The van der Waals surface area contributed by atoms with Gasteiger partial charge in [-0.15, -0.1) is 0 Å². The molecule has 0 spiro atoms. The van der Waals surface area contributed by atoms with Crippen molar-refractivity contribution in [2.75, 3.05) is 25.7 Å². The molecule has 2 heterocycles. The second-order valence-corrected chi connectivity index (χ2v) is 6.95. The largest absolute Gasteiger partial charge is 0.497 e. The lowest BCUT2D eigenvalue weighted by molar-refractivity contribution is -0.117. The molecule has 0 bridgehead atoms. The van der Waals surface area contributed by atoms with Crippen LogP contribution in [0.5, 0.6) is 11.5 Å². The number of aryl methyl sites for hydroxylation is 1. The quantitative estimate of drug-likeness (QED) is 0.633. The van der Waals surface area contributed by atoms with Crippen LogP contribution in [0.2, 0.25) is 0 Å². The van der Waals surface area contributed by atoms with Gasteiger partial charge in [-0.05, 0) is 30.2 Å². The number of aromatic nitrogens is 2. The summed E-state index contributed by atoms with van der Waals surface area (Å²) in [5, 5.41) is 4.14. The summed E-state index contributed by atoms with van der Waals surface area (Å²) in [6, 6.07) is 13.4. The van der Waals surface area contributed by atoms with Gasteiger partial charge in [-0.25, -0.2) is 0 Å². The van der Waals surface area contributed by atoms with Crippen LogP contribution in [0.4, 0.5) is 5.69 Å². The number of methoxy groups -OCH3 is 2. The van der Waals surface area contributed by atoms with E-state index in [1.165, 1.54) is 0 Å². The van der Waals surface area contributed by atoms with Crippen LogP contribution in [0.3, 0.4) is 0 Å². The van der Waals surface area contributed by atoms with E-state index in [0.29, 0.717) is 41.7 Å². The zero-order valence-corrected chi connectivity index (χ0v) is 16.7. The first kappa shape index (κ1) is 19.0. The van der Waals surface area contributed by atoms with Crippen molar-refractivity contribution in [1.82, 2.24) is 10.1 Å². The Balaban J connectivity index is 1.59. The summed E-state index contributed by atoms with van der Waals surface area (Å²) in [6.07, 6.45) is 1.23. The van der Waals surface area contributed by atoms with Crippen molar-refractivity contribution in [2.45, 2.75) is 25.7 Å². The summed E-state index contributed by atoms with van der Waals surface area (Å²) < 4.78 is 16.1. The molecule has 1 unspecified atom stereocenters. The number of nitrogens with zero attached hydrogens (tertiary/aromatic N) is 3. The molecule has 0 radical (unpaired) electrons. The fourth-order valence-corrected chi connectivity index (χ4v) is 3.64. The molecule has 0 saturated carbocycles. The van der Waals surface area contributed by atoms with Crippen molar-refractivity contribution in [1.29, 1.82) is 0 Å². The highest BCUT2D eigenvalue weighted by Gasteiger charge is 2.35. The van der Waals surface area contributed by atoms with Crippen LogP contribution >= 0.6 is 0 Å². The van der Waals surface area contributed by atoms with Gasteiger partial charge in [0.25, 0.3) is 5.89 Å². The van der Waals surface area contributed by atoms with Crippen LogP contribution in [0.25, 0.3) is 11.5 Å². The van der Waals surface area contributed by atoms with Crippen molar-refractivity contribution in [3.8, 4) is 23.0 Å². The number of anilines is 1. The molecule has 2 aromatic carbocycles. The molecule has 4 rings (SSSR count). The van der Waals surface area contributed by atoms with Crippen LogP contribution in [0, 0.1) is 0 Å².